The van der Waals surface area contributed by atoms with Crippen molar-refractivity contribution in [1.29, 1.82) is 0 Å². The molecule has 1 aliphatic rings. The zero-order valence-corrected chi connectivity index (χ0v) is 21.2. The maximum Gasteiger partial charge on any atom is 0.257 e. The van der Waals surface area contributed by atoms with E-state index in [1.807, 2.05) is 21.7 Å². The average molecular weight is 449 g/mol. The summed E-state index contributed by atoms with van der Waals surface area (Å²) in [7, 11) is 0. The van der Waals surface area contributed by atoms with E-state index in [0.717, 1.165) is 92.9 Å². The van der Waals surface area contributed by atoms with E-state index < -0.39 is 0 Å². The van der Waals surface area contributed by atoms with Gasteiger partial charge >= 0.3 is 0 Å². The summed E-state index contributed by atoms with van der Waals surface area (Å²) >= 11 is 0. The van der Waals surface area contributed by atoms with Crippen LogP contribution in [0.4, 0.5) is 0 Å². The van der Waals surface area contributed by atoms with Gasteiger partial charge in [-0.25, -0.2) is 4.68 Å². The van der Waals surface area contributed by atoms with E-state index in [2.05, 4.69) is 63.5 Å². The highest BCUT2D eigenvalue weighted by molar-refractivity contribution is 5.97. The smallest absolute Gasteiger partial charge is 0.257 e. The Labute approximate surface area is 200 Å². The molecule has 0 saturated carbocycles. The quantitative estimate of drug-likeness (QED) is 0.396. The van der Waals surface area contributed by atoms with Crippen molar-refractivity contribution in [2.75, 3.05) is 26.2 Å². The summed E-state index contributed by atoms with van der Waals surface area (Å²) in [5, 5.41) is 4.91. The highest BCUT2D eigenvalue weighted by atomic mass is 16.2. The molecule has 1 fully saturated rings. The van der Waals surface area contributed by atoms with Gasteiger partial charge in [-0.1, -0.05) is 58.9 Å². The molecule has 2 aromatic rings. The fraction of sp³-hybridized carbons (Fsp3) is 0.571. The van der Waals surface area contributed by atoms with E-state index in [4.69, 9.17) is 5.10 Å². The van der Waals surface area contributed by atoms with Crippen LogP contribution in [-0.2, 0) is 12.8 Å². The lowest BCUT2D eigenvalue weighted by Gasteiger charge is -2.26. The topological polar surface area (TPSA) is 41.4 Å². The Morgan fingerprint density at radius 2 is 1.94 bits per heavy atom. The van der Waals surface area contributed by atoms with Crippen molar-refractivity contribution in [3.8, 4) is 17.5 Å². The second-order valence-corrected chi connectivity index (χ2v) is 8.76. The van der Waals surface area contributed by atoms with E-state index in [1.54, 1.807) is 0 Å². The molecule has 2 heterocycles. The molecule has 3 rings (SSSR count). The first kappa shape index (κ1) is 25.1. The van der Waals surface area contributed by atoms with Gasteiger partial charge in [0.25, 0.3) is 5.91 Å². The van der Waals surface area contributed by atoms with E-state index in [9.17, 15) is 4.79 Å². The van der Waals surface area contributed by atoms with Gasteiger partial charge in [0.05, 0.1) is 22.6 Å². The van der Waals surface area contributed by atoms with Crippen LogP contribution in [0.25, 0.3) is 5.69 Å². The number of carbonyl (C=O) groups is 1. The van der Waals surface area contributed by atoms with Crippen LogP contribution in [0.1, 0.15) is 87.6 Å². The molecular formula is C28H40N4O. The third kappa shape index (κ3) is 5.68. The third-order valence-corrected chi connectivity index (χ3v) is 6.70. The Bertz CT molecular complexity index is 993. The van der Waals surface area contributed by atoms with Crippen LogP contribution < -0.4 is 0 Å². The molecule has 0 spiro atoms. The number of likely N-dealkylation sites (N-methyl/N-ethyl adjacent to an activating group) is 1. The van der Waals surface area contributed by atoms with E-state index in [1.165, 1.54) is 0 Å². The predicted molar refractivity (Wildman–Crippen MR) is 136 cm³/mol. The minimum absolute atomic E-state index is 0.139. The normalized spacial score (nSPS) is 15.7. The number of carbonyl (C=O) groups excluding carboxylic acids is 1. The van der Waals surface area contributed by atoms with Crippen LogP contribution in [0.3, 0.4) is 0 Å². The Balaban J connectivity index is 1.91. The number of hydrogen-bond acceptors (Lipinski definition) is 3. The molecule has 1 aromatic carbocycles. The zero-order valence-electron chi connectivity index (χ0n) is 21.2. The van der Waals surface area contributed by atoms with Crippen LogP contribution in [0.2, 0.25) is 0 Å². The molecule has 1 aliphatic heterocycles. The Morgan fingerprint density at radius 1 is 1.15 bits per heavy atom. The molecule has 0 aliphatic carbocycles. The first-order valence-corrected chi connectivity index (χ1v) is 12.8. The number of nitrogens with zero attached hydrogens (tertiary/aromatic N) is 4. The molecule has 0 N–H and O–H groups in total. The highest BCUT2D eigenvalue weighted by Gasteiger charge is 2.33. The van der Waals surface area contributed by atoms with Crippen molar-refractivity contribution in [2.45, 2.75) is 79.2 Å². The van der Waals surface area contributed by atoms with E-state index in [-0.39, 0.29) is 5.91 Å². The molecular weight excluding hydrogens is 408 g/mol. The minimum atomic E-state index is 0.139. The lowest BCUT2D eigenvalue weighted by atomic mass is 10.1. The maximum absolute atomic E-state index is 13.7. The van der Waals surface area contributed by atoms with Gasteiger partial charge in [-0.15, -0.1) is 0 Å². The van der Waals surface area contributed by atoms with Crippen molar-refractivity contribution in [3.05, 3.63) is 46.8 Å². The Morgan fingerprint density at radius 3 is 2.61 bits per heavy atom. The number of aromatic nitrogens is 2. The van der Waals surface area contributed by atoms with Crippen LogP contribution in [0, 0.1) is 11.8 Å². The maximum atomic E-state index is 13.7. The summed E-state index contributed by atoms with van der Waals surface area (Å²) in [4.78, 5) is 18.2. The van der Waals surface area contributed by atoms with Crippen LogP contribution >= 0.6 is 0 Å². The van der Waals surface area contributed by atoms with Crippen molar-refractivity contribution in [2.24, 2.45) is 0 Å². The minimum Gasteiger partial charge on any atom is -0.337 e. The number of benzene rings is 1. The van der Waals surface area contributed by atoms with E-state index >= 15 is 0 Å². The fourth-order valence-electron chi connectivity index (χ4n) is 4.81. The Hall–Kier alpha value is -2.58. The molecule has 0 bridgehead atoms. The summed E-state index contributed by atoms with van der Waals surface area (Å²) in [6, 6.07) is 8.68. The standard InChI is InChI=1S/C28H40N4O/c1-6-11-12-13-15-22-16-14-17-23(20-22)32-26(8-3)27(25(7-2)29-32)28(33)31-19-18-24(21-31)30(9-4)10-5/h14,16-17,20,24H,6-12,18-19,21H2,1-5H3. The molecule has 5 nitrogen and oxygen atoms in total. The molecule has 33 heavy (non-hydrogen) atoms. The summed E-state index contributed by atoms with van der Waals surface area (Å²) in [5.74, 6) is 6.70. The van der Waals surface area contributed by atoms with Gasteiger partial charge in [0.2, 0.25) is 0 Å². The molecule has 1 amide bonds. The number of rotatable bonds is 9. The van der Waals surface area contributed by atoms with Crippen molar-refractivity contribution in [1.82, 2.24) is 19.6 Å². The third-order valence-electron chi connectivity index (χ3n) is 6.70. The fourth-order valence-corrected chi connectivity index (χ4v) is 4.81. The number of aryl methyl sites for hydroxylation is 1. The second-order valence-electron chi connectivity index (χ2n) is 8.76. The lowest BCUT2D eigenvalue weighted by molar-refractivity contribution is 0.0776. The number of amides is 1. The number of hydrogen-bond donors (Lipinski definition) is 0. The summed E-state index contributed by atoms with van der Waals surface area (Å²) in [6.07, 6.45) is 5.75. The van der Waals surface area contributed by atoms with Crippen molar-refractivity contribution < 1.29 is 4.79 Å². The molecule has 178 valence electrons. The first-order valence-electron chi connectivity index (χ1n) is 12.8. The molecule has 1 atom stereocenters. The van der Waals surface area contributed by atoms with E-state index in [0.29, 0.717) is 6.04 Å². The molecule has 0 radical (unpaired) electrons. The number of likely N-dealkylation sites (tertiary alicyclic amines) is 1. The van der Waals surface area contributed by atoms with Gasteiger partial charge in [-0.2, -0.15) is 5.10 Å². The molecule has 1 unspecified atom stereocenters. The average Bonchev–Trinajstić information content (AvgIpc) is 3.47. The molecule has 1 aromatic heterocycles. The molecule has 5 heteroatoms. The molecule has 1 saturated heterocycles. The summed E-state index contributed by atoms with van der Waals surface area (Å²) in [6.45, 7) is 14.5. The summed E-state index contributed by atoms with van der Waals surface area (Å²) < 4.78 is 1.97. The second kappa shape index (κ2) is 12.0. The first-order chi connectivity index (χ1) is 16.1. The van der Waals surface area contributed by atoms with Gasteiger partial charge in [0.15, 0.2) is 0 Å². The van der Waals surface area contributed by atoms with Crippen LogP contribution in [-0.4, -0.2) is 57.7 Å². The number of unbranched alkanes of at least 4 members (excludes halogenated alkanes) is 2. The Kier molecular flexibility index (Phi) is 9.14. The predicted octanol–water partition coefficient (Wildman–Crippen LogP) is 5.10. The van der Waals surface area contributed by atoms with Gasteiger partial charge in [0, 0.05) is 31.1 Å². The van der Waals surface area contributed by atoms with Gasteiger partial charge < -0.3 is 4.90 Å². The summed E-state index contributed by atoms with van der Waals surface area (Å²) in [5.41, 5.74) is 4.67. The lowest BCUT2D eigenvalue weighted by Crippen LogP contribution is -2.38. The highest BCUT2D eigenvalue weighted by Crippen LogP contribution is 2.25. The SMILES string of the molecule is CCCCC#Cc1cccc(-n2nc(CC)c(C(=O)N3CCC(N(CC)CC)C3)c2CC)c1. The van der Waals surface area contributed by atoms with Crippen LogP contribution in [0.15, 0.2) is 24.3 Å². The monoisotopic (exact) mass is 448 g/mol. The van der Waals surface area contributed by atoms with Gasteiger partial charge in [-0.3, -0.25) is 9.69 Å². The zero-order chi connectivity index (χ0) is 23.8. The van der Waals surface area contributed by atoms with Gasteiger partial charge in [-0.05, 0) is 57.0 Å². The van der Waals surface area contributed by atoms with Crippen LogP contribution in [0.5, 0.6) is 0 Å². The largest absolute Gasteiger partial charge is 0.337 e. The van der Waals surface area contributed by atoms with Gasteiger partial charge in [0.1, 0.15) is 0 Å². The van der Waals surface area contributed by atoms with Crippen molar-refractivity contribution >= 4 is 5.91 Å². The van der Waals surface area contributed by atoms with Crippen molar-refractivity contribution in [3.63, 3.8) is 0 Å².